The predicted octanol–water partition coefficient (Wildman–Crippen LogP) is -5.72. The maximum Gasteiger partial charge on any atom is 0.394 e. The first-order chi connectivity index (χ1) is 10.3. The highest BCUT2D eigenvalue weighted by atomic mass is 32.3. The van der Waals surface area contributed by atoms with Crippen molar-refractivity contribution < 1.29 is 37.9 Å². The average molecular weight is 360 g/mol. The molecule has 0 aromatic carbocycles. The molecule has 0 aromatic heterocycles. The van der Waals surface area contributed by atoms with Crippen LogP contribution in [0.3, 0.4) is 0 Å². The molecule has 1 rings (SSSR count). The summed E-state index contributed by atoms with van der Waals surface area (Å²) in [6.45, 7) is 0. The topological polar surface area (TPSA) is 282 Å². The van der Waals surface area contributed by atoms with Gasteiger partial charge in [0.2, 0.25) is 0 Å². The van der Waals surface area contributed by atoms with E-state index in [1.165, 1.54) is 0 Å². The van der Waals surface area contributed by atoms with Crippen LogP contribution in [0.1, 0.15) is 0 Å². The van der Waals surface area contributed by atoms with Crippen molar-refractivity contribution in [2.45, 2.75) is 36.5 Å². The quantitative estimate of drug-likeness (QED) is 0.125. The molecule has 1 aliphatic rings. The third-order valence-corrected chi connectivity index (χ3v) is 2.76. The Hall–Kier alpha value is -1.75. The molecule has 0 radical (unpaired) electrons. The van der Waals surface area contributed by atoms with Gasteiger partial charge in [0.25, 0.3) is 0 Å². The van der Waals surface area contributed by atoms with Gasteiger partial charge < -0.3 is 42.9 Å². The van der Waals surface area contributed by atoms with Crippen LogP contribution in [0.25, 0.3) is 0 Å². The number of rotatable bonds is 2. The predicted molar refractivity (Wildman–Crippen MR) is 76.6 cm³/mol. The molecule has 0 aliphatic heterocycles. The monoisotopic (exact) mass is 360 g/mol. The maximum absolute atomic E-state index is 9.92. The van der Waals surface area contributed by atoms with Gasteiger partial charge in [-0.25, -0.2) is 4.99 Å². The molecule has 0 heterocycles. The zero-order chi connectivity index (χ0) is 18.5. The summed E-state index contributed by atoms with van der Waals surface area (Å²) in [5, 5.41) is 48.2. The smallest absolute Gasteiger partial charge is 0.389 e. The van der Waals surface area contributed by atoms with Gasteiger partial charge in [0.15, 0.2) is 11.9 Å². The van der Waals surface area contributed by atoms with Crippen LogP contribution in [0.5, 0.6) is 0 Å². The number of aliphatic hydroxyl groups excluding tert-OH is 4. The molecule has 6 atom stereocenters. The summed E-state index contributed by atoms with van der Waals surface area (Å²) in [5.41, 5.74) is 15.4. The van der Waals surface area contributed by atoms with Gasteiger partial charge in [0, 0.05) is 0 Å². The van der Waals surface area contributed by atoms with Gasteiger partial charge in [-0.1, -0.05) is 0 Å². The van der Waals surface area contributed by atoms with Gasteiger partial charge in [0.05, 0.1) is 6.04 Å². The van der Waals surface area contributed by atoms with Gasteiger partial charge in [0.1, 0.15) is 30.5 Å². The number of aliphatic imine (C=N–C) groups is 1. The van der Waals surface area contributed by atoms with E-state index in [0.717, 1.165) is 0 Å². The molecule has 0 spiro atoms. The van der Waals surface area contributed by atoms with E-state index in [-0.39, 0.29) is 5.96 Å². The molecule has 136 valence electrons. The first-order valence-corrected chi connectivity index (χ1v) is 7.26. The van der Waals surface area contributed by atoms with Crippen molar-refractivity contribution >= 4 is 22.3 Å². The fraction of sp³-hybridized carbons (Fsp3) is 0.750. The van der Waals surface area contributed by atoms with E-state index in [0.29, 0.717) is 0 Å². The summed E-state index contributed by atoms with van der Waals surface area (Å²) in [5.74, 6) is -0.895. The van der Waals surface area contributed by atoms with Crippen molar-refractivity contribution in [3.8, 4) is 0 Å². The van der Waals surface area contributed by atoms with Crippen molar-refractivity contribution in [1.82, 2.24) is 5.32 Å². The van der Waals surface area contributed by atoms with Crippen molar-refractivity contribution in [1.29, 1.82) is 5.41 Å². The Morgan fingerprint density at radius 3 is 1.74 bits per heavy atom. The second-order valence-electron chi connectivity index (χ2n) is 4.54. The van der Waals surface area contributed by atoms with Gasteiger partial charge in [-0.3, -0.25) is 14.5 Å². The van der Waals surface area contributed by atoms with Gasteiger partial charge >= 0.3 is 10.4 Å². The third-order valence-electron chi connectivity index (χ3n) is 2.76. The normalized spacial score (nSPS) is 33.8. The highest BCUT2D eigenvalue weighted by Gasteiger charge is 2.49. The van der Waals surface area contributed by atoms with Crippen LogP contribution in [0.2, 0.25) is 0 Å². The molecule has 15 heteroatoms. The Labute approximate surface area is 130 Å². The molecule has 1 aliphatic carbocycles. The van der Waals surface area contributed by atoms with E-state index < -0.39 is 52.9 Å². The largest absolute Gasteiger partial charge is 0.394 e. The van der Waals surface area contributed by atoms with E-state index in [1.807, 2.05) is 0 Å². The minimum Gasteiger partial charge on any atom is -0.389 e. The number of aliphatic hydroxyl groups is 4. The van der Waals surface area contributed by atoms with Crippen LogP contribution in [0.4, 0.5) is 0 Å². The van der Waals surface area contributed by atoms with Crippen molar-refractivity contribution in [2.24, 2.45) is 22.2 Å². The van der Waals surface area contributed by atoms with Crippen LogP contribution in [-0.2, 0) is 10.4 Å². The SMILES string of the molecule is N=C(N)N[C@H]1[C@H](O)[C@@H](O)[C@H](O)[C@@H](N=C(N)N)[C@@H]1O.O=S(=O)(O)O. The fourth-order valence-electron chi connectivity index (χ4n) is 1.91. The van der Waals surface area contributed by atoms with E-state index in [4.69, 9.17) is 40.1 Å². The van der Waals surface area contributed by atoms with Crippen LogP contribution in [0, 0.1) is 5.41 Å². The number of hydrogen-bond donors (Lipinski definition) is 11. The molecule has 0 amide bonds. The summed E-state index contributed by atoms with van der Waals surface area (Å²) in [6.07, 6.45) is -6.07. The van der Waals surface area contributed by atoms with Crippen LogP contribution < -0.4 is 22.5 Å². The second kappa shape index (κ2) is 8.20. The Balaban J connectivity index is 0.000000841. The molecule has 1 saturated carbocycles. The standard InChI is InChI=1S/C8H18N6O4.H2O4S/c9-7(10)13-1-3(15)2(14-8(11)12)5(17)6(18)4(1)16;1-5(2,3)4/h1-6,15-18H,(H4,9,10,13)(H4,11,12,14);(H2,1,2,3,4)/t1-,2+,3-,4+,5-,6-;. The minimum atomic E-state index is -4.67. The number of nitrogens with zero attached hydrogens (tertiary/aromatic N) is 1. The van der Waals surface area contributed by atoms with Crippen LogP contribution in [-0.4, -0.2) is 86.4 Å². The molecule has 23 heavy (non-hydrogen) atoms. The zero-order valence-electron chi connectivity index (χ0n) is 11.6. The van der Waals surface area contributed by atoms with Gasteiger partial charge in [-0.2, -0.15) is 8.42 Å². The number of nitrogens with one attached hydrogen (secondary N) is 2. The molecular formula is C8H20N6O8S. The minimum absolute atomic E-state index is 0.386. The van der Waals surface area contributed by atoms with E-state index in [2.05, 4.69) is 10.3 Å². The highest BCUT2D eigenvalue weighted by molar-refractivity contribution is 7.79. The third kappa shape index (κ3) is 7.37. The van der Waals surface area contributed by atoms with Crippen molar-refractivity contribution in [3.63, 3.8) is 0 Å². The Kier molecular flexibility index (Phi) is 7.58. The Morgan fingerprint density at radius 2 is 1.39 bits per heavy atom. The van der Waals surface area contributed by atoms with E-state index >= 15 is 0 Å². The van der Waals surface area contributed by atoms with Gasteiger partial charge in [-0.15, -0.1) is 0 Å². The van der Waals surface area contributed by atoms with Gasteiger partial charge in [-0.05, 0) is 0 Å². The number of nitrogens with two attached hydrogens (primary N) is 3. The van der Waals surface area contributed by atoms with Crippen molar-refractivity contribution in [3.05, 3.63) is 0 Å². The molecule has 14 N–H and O–H groups in total. The second-order valence-corrected chi connectivity index (χ2v) is 5.43. The van der Waals surface area contributed by atoms with Crippen molar-refractivity contribution in [2.75, 3.05) is 0 Å². The summed E-state index contributed by atoms with van der Waals surface area (Å²) in [7, 11) is -4.67. The fourth-order valence-corrected chi connectivity index (χ4v) is 1.91. The number of guanidine groups is 2. The lowest BCUT2D eigenvalue weighted by molar-refractivity contribution is -0.140. The lowest BCUT2D eigenvalue weighted by Crippen LogP contribution is -2.68. The van der Waals surface area contributed by atoms with E-state index in [1.54, 1.807) is 0 Å². The Bertz CT molecular complexity index is 529. The van der Waals surface area contributed by atoms with Crippen LogP contribution >= 0.6 is 0 Å². The summed E-state index contributed by atoms with van der Waals surface area (Å²) in [6, 6.07) is -2.40. The molecule has 0 bridgehead atoms. The summed E-state index contributed by atoms with van der Waals surface area (Å²) >= 11 is 0. The van der Waals surface area contributed by atoms with E-state index in [9.17, 15) is 20.4 Å². The highest BCUT2D eigenvalue weighted by Crippen LogP contribution is 2.23. The lowest BCUT2D eigenvalue weighted by atomic mass is 9.82. The first-order valence-electron chi connectivity index (χ1n) is 5.87. The summed E-state index contributed by atoms with van der Waals surface area (Å²) in [4.78, 5) is 3.59. The number of hydrogen-bond acceptors (Lipinski definition) is 8. The van der Waals surface area contributed by atoms with Crippen LogP contribution in [0.15, 0.2) is 4.99 Å². The molecule has 0 aromatic rings. The zero-order valence-corrected chi connectivity index (χ0v) is 12.4. The molecular weight excluding hydrogens is 340 g/mol. The lowest BCUT2D eigenvalue weighted by Gasteiger charge is -2.42. The molecule has 0 unspecified atom stereocenters. The Morgan fingerprint density at radius 1 is 0.957 bits per heavy atom. The summed E-state index contributed by atoms with van der Waals surface area (Å²) < 4.78 is 31.6. The molecule has 14 nitrogen and oxygen atoms in total. The average Bonchev–Trinajstić information content (AvgIpc) is 2.35. The molecule has 0 saturated heterocycles. The first kappa shape index (κ1) is 21.2. The maximum atomic E-state index is 9.92. The molecule has 1 fully saturated rings.